The van der Waals surface area contributed by atoms with Crippen molar-refractivity contribution in [2.75, 3.05) is 4.90 Å². The van der Waals surface area contributed by atoms with Gasteiger partial charge in [0.05, 0.1) is 0 Å². The van der Waals surface area contributed by atoms with Gasteiger partial charge >= 0.3 is 0 Å². The lowest BCUT2D eigenvalue weighted by Crippen LogP contribution is -2.10. The standard InChI is InChI=1S/C54H37NO/c1-3-14-38(15-4-1)40-28-32-46(33-29-40)55(48-21-13-20-44(37-48)45-27-26-39-16-7-8-19-43(39)36-45)47-34-30-41(31-35-47)49-22-9-10-23-50(49)54-53(42-17-5-2-6-18-42)51-24-11-12-25-52(51)56-54/h1-37H. The molecule has 0 aliphatic rings. The first-order valence-corrected chi connectivity index (χ1v) is 19.1. The molecule has 0 unspecified atom stereocenters. The van der Waals surface area contributed by atoms with Crippen LogP contribution in [0.25, 0.3) is 77.6 Å². The normalized spacial score (nSPS) is 11.2. The van der Waals surface area contributed by atoms with Gasteiger partial charge in [-0.1, -0.05) is 176 Å². The highest BCUT2D eigenvalue weighted by Gasteiger charge is 2.21. The third-order valence-electron chi connectivity index (χ3n) is 10.7. The highest BCUT2D eigenvalue weighted by Crippen LogP contribution is 2.45. The van der Waals surface area contributed by atoms with Crippen molar-refractivity contribution in [2.45, 2.75) is 0 Å². The van der Waals surface area contributed by atoms with E-state index in [1.165, 1.54) is 33.0 Å². The zero-order valence-corrected chi connectivity index (χ0v) is 30.7. The molecule has 0 spiro atoms. The summed E-state index contributed by atoms with van der Waals surface area (Å²) in [6.45, 7) is 0. The molecular weight excluding hydrogens is 679 g/mol. The van der Waals surface area contributed by atoms with Crippen molar-refractivity contribution in [3.63, 3.8) is 0 Å². The number of hydrogen-bond acceptors (Lipinski definition) is 2. The second-order valence-electron chi connectivity index (χ2n) is 14.1. The van der Waals surface area contributed by atoms with Crippen molar-refractivity contribution in [1.82, 2.24) is 0 Å². The van der Waals surface area contributed by atoms with E-state index in [-0.39, 0.29) is 0 Å². The quantitative estimate of drug-likeness (QED) is 0.156. The highest BCUT2D eigenvalue weighted by atomic mass is 16.3. The average Bonchev–Trinajstić information content (AvgIpc) is 3.67. The Balaban J connectivity index is 1.07. The Hall–Kier alpha value is -7.42. The highest BCUT2D eigenvalue weighted by molar-refractivity contribution is 6.04. The fourth-order valence-electron chi connectivity index (χ4n) is 7.92. The average molecular weight is 716 g/mol. The van der Waals surface area contributed by atoms with Crippen molar-refractivity contribution >= 4 is 38.8 Å². The van der Waals surface area contributed by atoms with Crippen LogP contribution in [0.4, 0.5) is 17.1 Å². The minimum Gasteiger partial charge on any atom is -0.455 e. The third kappa shape index (κ3) is 6.24. The summed E-state index contributed by atoms with van der Waals surface area (Å²) in [7, 11) is 0. The summed E-state index contributed by atoms with van der Waals surface area (Å²) in [5.74, 6) is 0.878. The van der Waals surface area contributed by atoms with Gasteiger partial charge < -0.3 is 9.32 Å². The maximum absolute atomic E-state index is 6.68. The van der Waals surface area contributed by atoms with E-state index in [2.05, 4.69) is 223 Å². The Kier molecular flexibility index (Phi) is 8.55. The molecule has 1 aromatic heterocycles. The van der Waals surface area contributed by atoms with E-state index in [9.17, 15) is 0 Å². The van der Waals surface area contributed by atoms with Gasteiger partial charge in [0.25, 0.3) is 0 Å². The number of nitrogens with zero attached hydrogens (tertiary/aromatic N) is 1. The van der Waals surface area contributed by atoms with Crippen LogP contribution in [-0.2, 0) is 0 Å². The number of rotatable bonds is 8. The van der Waals surface area contributed by atoms with Crippen LogP contribution < -0.4 is 4.90 Å². The van der Waals surface area contributed by atoms with Crippen molar-refractivity contribution in [1.29, 1.82) is 0 Å². The first kappa shape index (κ1) is 33.2. The molecular formula is C54H37NO. The van der Waals surface area contributed by atoms with E-state index in [0.717, 1.165) is 61.6 Å². The molecule has 0 radical (unpaired) electrons. The molecule has 2 nitrogen and oxygen atoms in total. The molecule has 0 saturated carbocycles. The fraction of sp³-hybridized carbons (Fsp3) is 0. The lowest BCUT2D eigenvalue weighted by Gasteiger charge is -2.26. The molecule has 0 amide bonds. The Labute approximate surface area is 327 Å². The Morgan fingerprint density at radius 3 is 1.59 bits per heavy atom. The maximum atomic E-state index is 6.68. The lowest BCUT2D eigenvalue weighted by atomic mass is 9.93. The van der Waals surface area contributed by atoms with Gasteiger partial charge in [0, 0.05) is 33.6 Å². The molecule has 9 aromatic carbocycles. The minimum atomic E-state index is 0.878. The Morgan fingerprint density at radius 2 is 0.839 bits per heavy atom. The van der Waals surface area contributed by atoms with Crippen LogP contribution in [0.2, 0.25) is 0 Å². The number of anilines is 3. The van der Waals surface area contributed by atoms with Gasteiger partial charge in [-0.15, -0.1) is 0 Å². The van der Waals surface area contributed by atoms with Gasteiger partial charge in [0.15, 0.2) is 0 Å². The van der Waals surface area contributed by atoms with Crippen LogP contribution in [-0.4, -0.2) is 0 Å². The van der Waals surface area contributed by atoms with E-state index in [1.807, 2.05) is 6.07 Å². The minimum absolute atomic E-state index is 0.878. The van der Waals surface area contributed by atoms with Gasteiger partial charge in [0.2, 0.25) is 0 Å². The SMILES string of the molecule is c1ccc(-c2ccc(N(c3ccc(-c4ccccc4-c4oc5ccccc5c4-c4ccccc4)cc3)c3cccc(-c4ccc5ccccc5c4)c3)cc2)cc1. The second kappa shape index (κ2) is 14.4. The topological polar surface area (TPSA) is 16.4 Å². The molecule has 0 atom stereocenters. The zero-order chi connectivity index (χ0) is 37.3. The van der Waals surface area contributed by atoms with E-state index in [1.54, 1.807) is 0 Å². The fourth-order valence-corrected chi connectivity index (χ4v) is 7.92. The van der Waals surface area contributed by atoms with Gasteiger partial charge in [-0.25, -0.2) is 0 Å². The van der Waals surface area contributed by atoms with Crippen LogP contribution >= 0.6 is 0 Å². The smallest absolute Gasteiger partial charge is 0.143 e. The number of furan rings is 1. The van der Waals surface area contributed by atoms with Crippen molar-refractivity contribution in [2.24, 2.45) is 0 Å². The molecule has 56 heavy (non-hydrogen) atoms. The van der Waals surface area contributed by atoms with Crippen LogP contribution in [0.1, 0.15) is 0 Å². The summed E-state index contributed by atoms with van der Waals surface area (Å²) in [5.41, 5.74) is 14.4. The molecule has 0 bridgehead atoms. The van der Waals surface area contributed by atoms with Crippen LogP contribution in [0, 0.1) is 0 Å². The monoisotopic (exact) mass is 715 g/mol. The largest absolute Gasteiger partial charge is 0.455 e. The van der Waals surface area contributed by atoms with Crippen LogP contribution in [0.15, 0.2) is 229 Å². The zero-order valence-electron chi connectivity index (χ0n) is 30.7. The molecule has 2 heteroatoms. The molecule has 10 rings (SSSR count). The predicted molar refractivity (Wildman–Crippen MR) is 236 cm³/mol. The molecule has 1 heterocycles. The maximum Gasteiger partial charge on any atom is 0.143 e. The van der Waals surface area contributed by atoms with Crippen molar-refractivity contribution in [3.05, 3.63) is 224 Å². The van der Waals surface area contributed by atoms with E-state index in [0.29, 0.717) is 0 Å². The number of fused-ring (bicyclic) bond motifs is 2. The van der Waals surface area contributed by atoms with Crippen molar-refractivity contribution < 1.29 is 4.42 Å². The Morgan fingerprint density at radius 1 is 0.304 bits per heavy atom. The van der Waals surface area contributed by atoms with E-state index >= 15 is 0 Å². The number of para-hydroxylation sites is 1. The third-order valence-corrected chi connectivity index (χ3v) is 10.7. The van der Waals surface area contributed by atoms with Gasteiger partial charge in [0.1, 0.15) is 11.3 Å². The van der Waals surface area contributed by atoms with Crippen LogP contribution in [0.5, 0.6) is 0 Å². The number of benzene rings is 9. The lowest BCUT2D eigenvalue weighted by molar-refractivity contribution is 0.632. The number of hydrogen-bond donors (Lipinski definition) is 0. The van der Waals surface area contributed by atoms with E-state index in [4.69, 9.17) is 4.42 Å². The van der Waals surface area contributed by atoms with E-state index < -0.39 is 0 Å². The molecule has 264 valence electrons. The summed E-state index contributed by atoms with van der Waals surface area (Å²) in [4.78, 5) is 2.35. The molecule has 10 aromatic rings. The summed E-state index contributed by atoms with van der Waals surface area (Å²) in [6.07, 6.45) is 0. The van der Waals surface area contributed by atoms with Crippen molar-refractivity contribution in [3.8, 4) is 55.8 Å². The first-order valence-electron chi connectivity index (χ1n) is 19.1. The first-order chi connectivity index (χ1) is 27.8. The van der Waals surface area contributed by atoms with Crippen LogP contribution in [0.3, 0.4) is 0 Å². The molecule has 0 aliphatic heterocycles. The van der Waals surface area contributed by atoms with Gasteiger partial charge in [-0.3, -0.25) is 0 Å². The Bertz CT molecular complexity index is 2940. The summed E-state index contributed by atoms with van der Waals surface area (Å²) >= 11 is 0. The molecule has 0 saturated heterocycles. The second-order valence-corrected chi connectivity index (χ2v) is 14.1. The van der Waals surface area contributed by atoms with Gasteiger partial charge in [-0.2, -0.15) is 0 Å². The molecule has 0 N–H and O–H groups in total. The summed E-state index contributed by atoms with van der Waals surface area (Å²) in [5, 5.41) is 3.59. The molecule has 0 fully saturated rings. The predicted octanol–water partition coefficient (Wildman–Crippen LogP) is 15.4. The summed E-state index contributed by atoms with van der Waals surface area (Å²) < 4.78 is 6.68. The van der Waals surface area contributed by atoms with Gasteiger partial charge in [-0.05, 0) is 98.2 Å². The summed E-state index contributed by atoms with van der Waals surface area (Å²) in [6, 6.07) is 79.9. The molecule has 0 aliphatic carbocycles.